The molecule has 2 unspecified atom stereocenters. The summed E-state index contributed by atoms with van der Waals surface area (Å²) >= 11 is 0. The molecule has 0 spiro atoms. The van der Waals surface area contributed by atoms with Gasteiger partial charge in [-0.3, -0.25) is 9.59 Å². The zero-order chi connectivity index (χ0) is 46.4. The summed E-state index contributed by atoms with van der Waals surface area (Å²) in [4.78, 5) is 46.2. The Labute approximate surface area is 371 Å². The van der Waals surface area contributed by atoms with Gasteiger partial charge in [0.25, 0.3) is 11.8 Å². The third-order valence-electron chi connectivity index (χ3n) is 12.8. The number of carbonyl (C=O) groups is 3. The van der Waals surface area contributed by atoms with Gasteiger partial charge in [-0.15, -0.1) is 5.06 Å². The molecule has 2 atom stereocenters. The van der Waals surface area contributed by atoms with Gasteiger partial charge in [0.05, 0.1) is 19.6 Å². The number of carbonyl (C=O) groups excluding carboxylic acids is 3. The predicted octanol–water partition coefficient (Wildman–Crippen LogP) is 4.53. The maximum absolute atomic E-state index is 13.4. The average molecular weight is 910 g/mol. The van der Waals surface area contributed by atoms with Gasteiger partial charge in [0, 0.05) is 54.6 Å². The molecule has 63 heavy (non-hydrogen) atoms. The van der Waals surface area contributed by atoms with Crippen molar-refractivity contribution >= 4 is 49.7 Å². The van der Waals surface area contributed by atoms with Gasteiger partial charge in [0.1, 0.15) is 35.9 Å². The summed E-state index contributed by atoms with van der Waals surface area (Å²) in [6, 6.07) is 3.62. The van der Waals surface area contributed by atoms with Gasteiger partial charge in [-0.2, -0.15) is 0 Å². The number of amides is 2. The van der Waals surface area contributed by atoms with Crippen molar-refractivity contribution in [2.75, 3.05) is 19.6 Å². The summed E-state index contributed by atoms with van der Waals surface area (Å²) in [5, 5.41) is 0.957. The molecule has 7 rings (SSSR count). The van der Waals surface area contributed by atoms with Crippen LogP contribution in [0.4, 0.5) is 0 Å². The van der Waals surface area contributed by atoms with E-state index >= 15 is 0 Å². The fourth-order valence-corrected chi connectivity index (χ4v) is 11.7. The summed E-state index contributed by atoms with van der Waals surface area (Å²) in [5.74, 6) is -2.47. The first-order chi connectivity index (χ1) is 29.4. The lowest BCUT2D eigenvalue weighted by atomic mass is 9.69. The van der Waals surface area contributed by atoms with E-state index in [1.54, 1.807) is 29.4 Å². The monoisotopic (exact) mass is 909 g/mol. The van der Waals surface area contributed by atoms with Gasteiger partial charge in [0.15, 0.2) is 11.5 Å². The quantitative estimate of drug-likeness (QED) is 0.112. The number of hydroxylamine groups is 2. The van der Waals surface area contributed by atoms with E-state index in [9.17, 15) is 40.3 Å². The van der Waals surface area contributed by atoms with Crippen molar-refractivity contribution in [2.24, 2.45) is 10.8 Å². The van der Waals surface area contributed by atoms with Crippen LogP contribution in [0.25, 0.3) is 11.6 Å². The molecule has 3 aromatic rings. The molecule has 1 aromatic heterocycles. The normalized spacial score (nSPS) is 19.9. The molecule has 1 saturated heterocycles. The zero-order valence-electron chi connectivity index (χ0n) is 37.9. The van der Waals surface area contributed by atoms with Crippen molar-refractivity contribution in [3.05, 3.63) is 63.0 Å². The number of aryl methyl sites for hydroxylation is 1. The number of benzene rings is 2. The van der Waals surface area contributed by atoms with E-state index in [-0.39, 0.29) is 70.4 Å². The summed E-state index contributed by atoms with van der Waals surface area (Å²) < 4.78 is 88.4. The van der Waals surface area contributed by atoms with E-state index in [2.05, 4.69) is 20.8 Å². The molecule has 15 nitrogen and oxygen atoms in total. The maximum Gasteiger partial charge on any atom is 0.333 e. The van der Waals surface area contributed by atoms with Crippen LogP contribution in [0.1, 0.15) is 154 Å². The highest BCUT2D eigenvalue weighted by Crippen LogP contribution is 2.51. The van der Waals surface area contributed by atoms with Crippen LogP contribution in [0, 0.1) is 10.8 Å². The Morgan fingerprint density at radius 1 is 0.873 bits per heavy atom. The minimum Gasteiger partial charge on any atom is -0.744 e. The number of imide groups is 1. The maximum atomic E-state index is 13.4. The molecular formula is C46H61N4O11S2-. The molecule has 4 aliphatic rings. The van der Waals surface area contributed by atoms with Gasteiger partial charge in [-0.05, 0) is 110 Å². The molecule has 2 aliphatic carbocycles. The van der Waals surface area contributed by atoms with Crippen molar-refractivity contribution in [2.45, 2.75) is 148 Å². The summed E-state index contributed by atoms with van der Waals surface area (Å²) in [6.45, 7) is 22.6. The first-order valence-corrected chi connectivity index (χ1v) is 24.9. The van der Waals surface area contributed by atoms with Crippen molar-refractivity contribution in [1.82, 2.24) is 14.6 Å². The van der Waals surface area contributed by atoms with E-state index in [1.807, 2.05) is 52.2 Å². The second-order valence-electron chi connectivity index (χ2n) is 18.9. The number of nitrogens with zero attached hydrogens (tertiary/aromatic N) is 3. The predicted molar refractivity (Wildman–Crippen MR) is 232 cm³/mol. The molecule has 2 aliphatic heterocycles. The lowest BCUT2D eigenvalue weighted by Crippen LogP contribution is -3.11. The van der Waals surface area contributed by atoms with Crippen LogP contribution in [0.2, 0.25) is 0 Å². The van der Waals surface area contributed by atoms with E-state index < -0.39 is 53.2 Å². The number of hydrogen-bond donors (Lipinski definition) is 1. The summed E-state index contributed by atoms with van der Waals surface area (Å²) in [6.07, 6.45) is 8.07. The van der Waals surface area contributed by atoms with E-state index in [1.165, 1.54) is 19.6 Å². The lowest BCUT2D eigenvalue weighted by molar-refractivity contribution is -0.894. The van der Waals surface area contributed by atoms with Crippen LogP contribution in [0.3, 0.4) is 0 Å². The third-order valence-corrected chi connectivity index (χ3v) is 14.6. The van der Waals surface area contributed by atoms with Gasteiger partial charge in [-0.1, -0.05) is 54.0 Å². The molecule has 2 amide bonds. The SMILES string of the molecule is CC1CC(C)(C)Cc2c1cc1c(c2S(=O)(=O)[O-])Oc2c(S(=O)(=O)[O-])c3c(cc2=C1c1nccn1CCCCCC(=O)ON1C(=O)CCC1=O)C(C)CC(C)(C)C=3.CC[NH+](CC)CC. The molecule has 0 bridgehead atoms. The number of hydrogen-bond acceptors (Lipinski definition) is 12. The zero-order valence-corrected chi connectivity index (χ0v) is 39.5. The van der Waals surface area contributed by atoms with Crippen LogP contribution < -0.4 is 20.1 Å². The molecule has 2 aromatic carbocycles. The highest BCUT2D eigenvalue weighted by Gasteiger charge is 2.40. The molecule has 0 saturated carbocycles. The van der Waals surface area contributed by atoms with Crippen LogP contribution >= 0.6 is 0 Å². The number of rotatable bonds is 13. The van der Waals surface area contributed by atoms with Crippen LogP contribution in [0.15, 0.2) is 34.3 Å². The third kappa shape index (κ3) is 10.1. The molecule has 1 fully saturated rings. The number of aromatic nitrogens is 2. The van der Waals surface area contributed by atoms with Gasteiger partial charge in [0.2, 0.25) is 0 Å². The number of nitrogens with one attached hydrogen (secondary N) is 1. The van der Waals surface area contributed by atoms with Crippen LogP contribution in [-0.4, -0.2) is 78.0 Å². The number of quaternary nitrogens is 1. The highest BCUT2D eigenvalue weighted by molar-refractivity contribution is 7.86. The Kier molecular flexibility index (Phi) is 13.9. The Morgan fingerprint density at radius 3 is 2.08 bits per heavy atom. The fraction of sp³-hybridized carbons (Fsp3) is 0.565. The largest absolute Gasteiger partial charge is 0.744 e. The number of ether oxygens (including phenoxy) is 1. The van der Waals surface area contributed by atoms with Gasteiger partial charge < -0.3 is 28.1 Å². The Bertz CT molecular complexity index is 2640. The molecular weight excluding hydrogens is 849 g/mol. The number of fused-ring (bicyclic) bond motifs is 4. The topological polar surface area (TPSA) is 210 Å². The van der Waals surface area contributed by atoms with Crippen molar-refractivity contribution in [3.63, 3.8) is 0 Å². The molecule has 344 valence electrons. The molecule has 17 heteroatoms. The number of unbranched alkanes of at least 4 members (excludes halogenated alkanes) is 2. The smallest absolute Gasteiger partial charge is 0.333 e. The summed E-state index contributed by atoms with van der Waals surface area (Å²) in [7, 11) is -10.5. The Morgan fingerprint density at radius 2 is 1.49 bits per heavy atom. The Balaban J connectivity index is 0.000000871. The minimum absolute atomic E-state index is 0.000731. The lowest BCUT2D eigenvalue weighted by Gasteiger charge is -2.39. The highest BCUT2D eigenvalue weighted by atomic mass is 32.2. The summed E-state index contributed by atoms with van der Waals surface area (Å²) in [5.41, 5.74) is 1.33. The van der Waals surface area contributed by atoms with E-state index in [0.29, 0.717) is 71.8 Å². The fourth-order valence-electron chi connectivity index (χ4n) is 9.97. The second kappa shape index (κ2) is 18.2. The number of imidazole rings is 1. The van der Waals surface area contributed by atoms with Crippen molar-refractivity contribution in [1.29, 1.82) is 0 Å². The minimum atomic E-state index is -5.25. The molecule has 3 heterocycles. The molecule has 1 N–H and O–H groups in total. The van der Waals surface area contributed by atoms with Crippen LogP contribution in [0.5, 0.6) is 11.5 Å². The van der Waals surface area contributed by atoms with Gasteiger partial charge >= 0.3 is 5.97 Å². The first-order valence-electron chi connectivity index (χ1n) is 22.1. The van der Waals surface area contributed by atoms with Gasteiger partial charge in [-0.25, -0.2) is 26.6 Å². The standard InChI is InChI=1S/C40H47N3O11S2.C6H15N/c1-22-18-39(3,4)20-28-24(22)16-26-33(38-41-13-15-42(38)14-9-7-8-10-32(46)54-43-30(44)11-12-31(43)45)27-17-25-23(2)19-40(5,6)21-29(25)37(56(50,51)52)35(27)53-34(26)36(28)55(47,48)49;1-4-7(5-2)6-3/h13,15-17,20,22-23H,7-12,14,18-19,21H2,1-6H3,(H,47,48,49)(H,50,51,52);4-6H2,1-3H3/p-1. The van der Waals surface area contributed by atoms with Crippen LogP contribution in [-0.2, 0) is 52.4 Å². The second-order valence-corrected chi connectivity index (χ2v) is 21.5. The first kappa shape index (κ1) is 48.0. The average Bonchev–Trinajstić information content (AvgIpc) is 3.76. The Hall–Kier alpha value is -4.42. The van der Waals surface area contributed by atoms with Crippen molar-refractivity contribution in [3.8, 4) is 11.5 Å². The van der Waals surface area contributed by atoms with E-state index in [4.69, 9.17) is 14.6 Å². The molecule has 0 radical (unpaired) electrons. The van der Waals surface area contributed by atoms with E-state index in [0.717, 1.165) is 0 Å². The van der Waals surface area contributed by atoms with Crippen molar-refractivity contribution < 1.29 is 54.8 Å².